The van der Waals surface area contributed by atoms with Gasteiger partial charge >= 0.3 is 5.97 Å². The molecule has 0 aromatic carbocycles. The standard InChI is InChI=1S/C18H30O3/c1-2-3-4-5-6-8-11-14-17(19)15-12-9-7-10-13-16-18(20)21/h6,8,11,14H,2-5,7,9-10,12-13,15-16H2,1H3,(H,20,21)/b8-6?,14-11+. The van der Waals surface area contributed by atoms with Crippen LogP contribution in [-0.2, 0) is 9.59 Å². The Kier molecular flexibility index (Phi) is 14.0. The zero-order valence-corrected chi connectivity index (χ0v) is 13.4. The van der Waals surface area contributed by atoms with Gasteiger partial charge in [-0.2, -0.15) is 0 Å². The fourth-order valence-electron chi connectivity index (χ4n) is 2.04. The van der Waals surface area contributed by atoms with Gasteiger partial charge in [0.2, 0.25) is 0 Å². The fourth-order valence-corrected chi connectivity index (χ4v) is 2.04. The minimum absolute atomic E-state index is 0.179. The van der Waals surface area contributed by atoms with E-state index in [0.29, 0.717) is 6.42 Å². The largest absolute Gasteiger partial charge is 0.481 e. The highest BCUT2D eigenvalue weighted by Gasteiger charge is 1.98. The fraction of sp³-hybridized carbons (Fsp3) is 0.667. The van der Waals surface area contributed by atoms with Crippen molar-refractivity contribution in [2.75, 3.05) is 0 Å². The Morgan fingerprint density at radius 3 is 2.19 bits per heavy atom. The maximum atomic E-state index is 11.6. The second-order valence-electron chi connectivity index (χ2n) is 5.41. The molecular weight excluding hydrogens is 264 g/mol. The molecule has 3 heteroatoms. The molecule has 21 heavy (non-hydrogen) atoms. The lowest BCUT2D eigenvalue weighted by Gasteiger charge is -1.98. The molecule has 0 aliphatic carbocycles. The first kappa shape index (κ1) is 19.6. The third kappa shape index (κ3) is 16.6. The van der Waals surface area contributed by atoms with Crippen LogP contribution in [-0.4, -0.2) is 16.9 Å². The number of hydrogen-bond acceptors (Lipinski definition) is 2. The van der Waals surface area contributed by atoms with E-state index in [9.17, 15) is 9.59 Å². The van der Waals surface area contributed by atoms with Crippen molar-refractivity contribution in [3.63, 3.8) is 0 Å². The van der Waals surface area contributed by atoms with E-state index in [1.54, 1.807) is 6.08 Å². The van der Waals surface area contributed by atoms with Crippen molar-refractivity contribution in [2.24, 2.45) is 0 Å². The van der Waals surface area contributed by atoms with Gasteiger partial charge in [0.1, 0.15) is 0 Å². The minimum atomic E-state index is -0.724. The monoisotopic (exact) mass is 294 g/mol. The van der Waals surface area contributed by atoms with Crippen LogP contribution < -0.4 is 0 Å². The van der Waals surface area contributed by atoms with Gasteiger partial charge in [0, 0.05) is 12.8 Å². The molecule has 0 saturated heterocycles. The number of carboxylic acids is 1. The van der Waals surface area contributed by atoms with E-state index in [2.05, 4.69) is 13.0 Å². The molecule has 0 spiro atoms. The zero-order chi connectivity index (χ0) is 15.8. The van der Waals surface area contributed by atoms with Crippen molar-refractivity contribution in [1.29, 1.82) is 0 Å². The Hall–Kier alpha value is -1.38. The summed E-state index contributed by atoms with van der Waals surface area (Å²) in [5.74, 6) is -0.545. The predicted molar refractivity (Wildman–Crippen MR) is 87.4 cm³/mol. The highest BCUT2D eigenvalue weighted by molar-refractivity contribution is 5.89. The lowest BCUT2D eigenvalue weighted by Crippen LogP contribution is -1.94. The molecule has 0 aromatic rings. The summed E-state index contributed by atoms with van der Waals surface area (Å²) in [6.07, 6.45) is 17.8. The highest BCUT2D eigenvalue weighted by atomic mass is 16.4. The van der Waals surface area contributed by atoms with E-state index in [-0.39, 0.29) is 12.2 Å². The molecule has 0 amide bonds. The Labute approximate surface area is 129 Å². The summed E-state index contributed by atoms with van der Waals surface area (Å²) in [6, 6.07) is 0. The number of carboxylic acid groups (broad SMARTS) is 1. The Morgan fingerprint density at radius 2 is 1.52 bits per heavy atom. The van der Waals surface area contributed by atoms with E-state index in [1.807, 2.05) is 12.2 Å². The maximum Gasteiger partial charge on any atom is 0.303 e. The highest BCUT2D eigenvalue weighted by Crippen LogP contribution is 2.08. The molecule has 0 unspecified atom stereocenters. The maximum absolute atomic E-state index is 11.6. The van der Waals surface area contributed by atoms with Gasteiger partial charge in [-0.05, 0) is 31.8 Å². The average molecular weight is 294 g/mol. The number of unbranched alkanes of at least 4 members (excludes halogenated alkanes) is 7. The van der Waals surface area contributed by atoms with Gasteiger partial charge in [0.05, 0.1) is 0 Å². The molecule has 0 heterocycles. The van der Waals surface area contributed by atoms with Crippen molar-refractivity contribution in [1.82, 2.24) is 0 Å². The van der Waals surface area contributed by atoms with Crippen LogP contribution in [0.2, 0.25) is 0 Å². The van der Waals surface area contributed by atoms with Gasteiger partial charge < -0.3 is 5.11 Å². The number of aliphatic carboxylic acids is 1. The van der Waals surface area contributed by atoms with Crippen molar-refractivity contribution in [2.45, 2.75) is 77.6 Å². The lowest BCUT2D eigenvalue weighted by atomic mass is 10.1. The number of allylic oxidation sites excluding steroid dienone is 4. The van der Waals surface area contributed by atoms with Crippen LogP contribution in [0.4, 0.5) is 0 Å². The molecule has 0 aliphatic rings. The third-order valence-corrected chi connectivity index (χ3v) is 3.32. The first-order valence-corrected chi connectivity index (χ1v) is 8.24. The van der Waals surface area contributed by atoms with Crippen molar-refractivity contribution in [3.05, 3.63) is 24.3 Å². The Morgan fingerprint density at radius 1 is 0.857 bits per heavy atom. The second kappa shape index (κ2) is 15.0. The van der Waals surface area contributed by atoms with Crippen LogP contribution in [0.5, 0.6) is 0 Å². The second-order valence-corrected chi connectivity index (χ2v) is 5.41. The molecule has 0 atom stereocenters. The summed E-state index contributed by atoms with van der Waals surface area (Å²) in [4.78, 5) is 21.9. The third-order valence-electron chi connectivity index (χ3n) is 3.32. The van der Waals surface area contributed by atoms with Crippen LogP contribution in [0.25, 0.3) is 0 Å². The van der Waals surface area contributed by atoms with Crippen molar-refractivity contribution >= 4 is 11.8 Å². The Balaban J connectivity index is 3.43. The lowest BCUT2D eigenvalue weighted by molar-refractivity contribution is -0.137. The van der Waals surface area contributed by atoms with E-state index in [4.69, 9.17) is 5.11 Å². The minimum Gasteiger partial charge on any atom is -0.481 e. The van der Waals surface area contributed by atoms with Gasteiger partial charge in [-0.1, -0.05) is 57.3 Å². The molecule has 120 valence electrons. The SMILES string of the molecule is CCCCCC=C/C=C/C(=O)CCCCCCCC(=O)O. The number of ketones is 1. The van der Waals surface area contributed by atoms with Gasteiger partial charge in [0.25, 0.3) is 0 Å². The smallest absolute Gasteiger partial charge is 0.303 e. The number of carbonyl (C=O) groups is 2. The van der Waals surface area contributed by atoms with E-state index < -0.39 is 5.97 Å². The molecule has 1 N–H and O–H groups in total. The summed E-state index contributed by atoms with van der Waals surface area (Å²) in [7, 11) is 0. The van der Waals surface area contributed by atoms with Gasteiger partial charge in [0.15, 0.2) is 5.78 Å². The predicted octanol–water partition coefficient (Wildman–Crippen LogP) is 5.06. The summed E-state index contributed by atoms with van der Waals surface area (Å²) < 4.78 is 0. The van der Waals surface area contributed by atoms with Gasteiger partial charge in [-0.3, -0.25) is 9.59 Å². The number of rotatable bonds is 14. The normalized spacial score (nSPS) is 11.5. The van der Waals surface area contributed by atoms with Crippen LogP contribution in [0.15, 0.2) is 24.3 Å². The molecule has 3 nitrogen and oxygen atoms in total. The molecule has 0 rings (SSSR count). The van der Waals surface area contributed by atoms with Crippen LogP contribution >= 0.6 is 0 Å². The molecule has 0 fully saturated rings. The van der Waals surface area contributed by atoms with Crippen LogP contribution in [0, 0.1) is 0 Å². The number of hydrogen-bond donors (Lipinski definition) is 1. The first-order valence-electron chi connectivity index (χ1n) is 8.24. The van der Waals surface area contributed by atoms with Crippen LogP contribution in [0.3, 0.4) is 0 Å². The Bertz CT molecular complexity index is 329. The topological polar surface area (TPSA) is 54.4 Å². The summed E-state index contributed by atoms with van der Waals surface area (Å²) in [6.45, 7) is 2.19. The first-order chi connectivity index (χ1) is 10.2. The quantitative estimate of drug-likeness (QED) is 0.277. The molecule has 0 radical (unpaired) electrons. The molecule has 0 saturated carbocycles. The summed E-state index contributed by atoms with van der Waals surface area (Å²) in [5, 5.41) is 8.49. The molecule has 0 aliphatic heterocycles. The van der Waals surface area contributed by atoms with Gasteiger partial charge in [-0.25, -0.2) is 0 Å². The number of carbonyl (C=O) groups excluding carboxylic acids is 1. The van der Waals surface area contributed by atoms with E-state index >= 15 is 0 Å². The van der Waals surface area contributed by atoms with Gasteiger partial charge in [-0.15, -0.1) is 0 Å². The summed E-state index contributed by atoms with van der Waals surface area (Å²) in [5.41, 5.74) is 0. The average Bonchev–Trinajstić information content (AvgIpc) is 2.45. The summed E-state index contributed by atoms with van der Waals surface area (Å²) >= 11 is 0. The van der Waals surface area contributed by atoms with Crippen LogP contribution in [0.1, 0.15) is 77.6 Å². The molecular formula is C18H30O3. The van der Waals surface area contributed by atoms with Crippen molar-refractivity contribution < 1.29 is 14.7 Å². The molecule has 0 aromatic heterocycles. The zero-order valence-electron chi connectivity index (χ0n) is 13.4. The van der Waals surface area contributed by atoms with E-state index in [0.717, 1.165) is 38.5 Å². The van der Waals surface area contributed by atoms with Crippen molar-refractivity contribution in [3.8, 4) is 0 Å². The van der Waals surface area contributed by atoms with E-state index in [1.165, 1.54) is 19.3 Å². The molecule has 0 bridgehead atoms.